The third-order valence-corrected chi connectivity index (χ3v) is 1.58. The monoisotopic (exact) mass is 232 g/mol. The zero-order chi connectivity index (χ0) is 12.8. The lowest BCUT2D eigenvalue weighted by Gasteiger charge is -2.22. The van der Waals surface area contributed by atoms with E-state index in [0.717, 1.165) is 0 Å². The number of carbonyl (C=O) groups excluding carboxylic acids is 2. The maximum Gasteiger partial charge on any atom is 0.408 e. The number of likely N-dealkylation sites (N-methyl/N-ethyl adjacent to an activating group) is 1. The van der Waals surface area contributed by atoms with Gasteiger partial charge in [0.15, 0.2) is 0 Å². The lowest BCUT2D eigenvalue weighted by atomic mass is 10.2. The third kappa shape index (κ3) is 6.23. The second-order valence-corrected chi connectivity index (χ2v) is 4.28. The smallest absolute Gasteiger partial charge is 0.408 e. The topological polar surface area (TPSA) is 76.7 Å². The summed E-state index contributed by atoms with van der Waals surface area (Å²) in [5.74, 6) is -0.514. The highest BCUT2D eigenvalue weighted by atomic mass is 16.6. The molecule has 0 aromatic carbocycles. The van der Waals surface area contributed by atoms with E-state index < -0.39 is 23.7 Å². The van der Waals surface area contributed by atoms with Gasteiger partial charge in [0.05, 0.1) is 7.11 Å². The van der Waals surface area contributed by atoms with E-state index in [9.17, 15) is 9.59 Å². The maximum absolute atomic E-state index is 11.4. The molecule has 0 spiro atoms. The zero-order valence-corrected chi connectivity index (χ0v) is 10.4. The van der Waals surface area contributed by atoms with E-state index in [1.807, 2.05) is 0 Å². The Balaban J connectivity index is 4.29. The second kappa shape index (κ2) is 6.32. The van der Waals surface area contributed by atoms with Gasteiger partial charge in [0.25, 0.3) is 0 Å². The molecule has 0 aliphatic rings. The van der Waals surface area contributed by atoms with E-state index in [1.54, 1.807) is 27.8 Å². The number of alkyl carbamates (subject to hydrolysis) is 1. The van der Waals surface area contributed by atoms with E-state index in [4.69, 9.17) is 4.74 Å². The molecule has 1 amide bonds. The van der Waals surface area contributed by atoms with Crippen LogP contribution in [0.1, 0.15) is 20.8 Å². The Morgan fingerprint density at radius 3 is 2.25 bits per heavy atom. The summed E-state index contributed by atoms with van der Waals surface area (Å²) in [7, 11) is 2.94. The van der Waals surface area contributed by atoms with Crippen molar-refractivity contribution >= 4 is 12.1 Å². The fourth-order valence-electron chi connectivity index (χ4n) is 0.989. The van der Waals surface area contributed by atoms with Crippen molar-refractivity contribution in [1.29, 1.82) is 0 Å². The normalized spacial score (nSPS) is 12.8. The molecule has 0 bridgehead atoms. The first-order chi connectivity index (χ1) is 7.30. The molecule has 0 aromatic heterocycles. The largest absolute Gasteiger partial charge is 0.467 e. The van der Waals surface area contributed by atoms with Crippen molar-refractivity contribution in [1.82, 2.24) is 10.6 Å². The number of hydrogen-bond acceptors (Lipinski definition) is 5. The van der Waals surface area contributed by atoms with Crippen LogP contribution in [0.4, 0.5) is 4.79 Å². The standard InChI is InChI=1S/C10H20N2O4/c1-10(2,3)16-9(14)12-7(6-11-4)8(13)15-5/h7,11H,6H2,1-5H3,(H,12,14)/t7-/m1/s1. The highest BCUT2D eigenvalue weighted by Crippen LogP contribution is 2.06. The minimum atomic E-state index is -0.746. The Kier molecular flexibility index (Phi) is 5.81. The van der Waals surface area contributed by atoms with Gasteiger partial charge in [-0.25, -0.2) is 9.59 Å². The molecule has 16 heavy (non-hydrogen) atoms. The molecule has 0 aliphatic carbocycles. The van der Waals surface area contributed by atoms with Crippen LogP contribution in [0.2, 0.25) is 0 Å². The summed E-state index contributed by atoms with van der Waals surface area (Å²) in [5, 5.41) is 5.21. The van der Waals surface area contributed by atoms with Crippen molar-refractivity contribution in [3.05, 3.63) is 0 Å². The van der Waals surface area contributed by atoms with Crippen molar-refractivity contribution in [2.75, 3.05) is 20.7 Å². The van der Waals surface area contributed by atoms with Crippen LogP contribution in [0.15, 0.2) is 0 Å². The van der Waals surface area contributed by atoms with Gasteiger partial charge in [-0.1, -0.05) is 0 Å². The number of ether oxygens (including phenoxy) is 2. The molecular formula is C10H20N2O4. The highest BCUT2D eigenvalue weighted by Gasteiger charge is 2.24. The molecule has 0 aromatic rings. The van der Waals surface area contributed by atoms with E-state index in [-0.39, 0.29) is 6.54 Å². The average Bonchev–Trinajstić information content (AvgIpc) is 2.13. The number of methoxy groups -OCH3 is 1. The van der Waals surface area contributed by atoms with Gasteiger partial charge in [-0.2, -0.15) is 0 Å². The van der Waals surface area contributed by atoms with Crippen LogP contribution in [0.5, 0.6) is 0 Å². The van der Waals surface area contributed by atoms with Crippen LogP contribution in [-0.4, -0.2) is 44.4 Å². The van der Waals surface area contributed by atoms with Crippen molar-refractivity contribution in [3.63, 3.8) is 0 Å². The van der Waals surface area contributed by atoms with E-state index >= 15 is 0 Å². The summed E-state index contributed by atoms with van der Waals surface area (Å²) >= 11 is 0. The van der Waals surface area contributed by atoms with E-state index in [2.05, 4.69) is 15.4 Å². The average molecular weight is 232 g/mol. The Bertz CT molecular complexity index is 248. The number of hydrogen-bond donors (Lipinski definition) is 2. The first-order valence-electron chi connectivity index (χ1n) is 5.02. The van der Waals surface area contributed by atoms with Gasteiger partial charge in [-0.15, -0.1) is 0 Å². The van der Waals surface area contributed by atoms with Crippen molar-refractivity contribution in [2.45, 2.75) is 32.4 Å². The van der Waals surface area contributed by atoms with Crippen LogP contribution in [0, 0.1) is 0 Å². The molecule has 6 heteroatoms. The summed E-state index contributed by atoms with van der Waals surface area (Å²) < 4.78 is 9.57. The van der Waals surface area contributed by atoms with Gasteiger partial charge < -0.3 is 20.1 Å². The second-order valence-electron chi connectivity index (χ2n) is 4.28. The molecule has 6 nitrogen and oxygen atoms in total. The Hall–Kier alpha value is -1.30. The summed E-state index contributed by atoms with van der Waals surface area (Å²) in [6, 6.07) is -0.746. The van der Waals surface area contributed by atoms with E-state index in [1.165, 1.54) is 7.11 Å². The minimum absolute atomic E-state index is 0.284. The molecule has 1 atom stereocenters. The summed E-state index contributed by atoms with van der Waals surface area (Å²) in [6.45, 7) is 5.53. The van der Waals surface area contributed by atoms with Crippen molar-refractivity contribution < 1.29 is 19.1 Å². The first-order valence-corrected chi connectivity index (χ1v) is 5.02. The van der Waals surface area contributed by atoms with Crippen LogP contribution >= 0.6 is 0 Å². The molecule has 0 unspecified atom stereocenters. The minimum Gasteiger partial charge on any atom is -0.467 e. The Morgan fingerprint density at radius 1 is 1.31 bits per heavy atom. The number of nitrogens with one attached hydrogen (secondary N) is 2. The van der Waals surface area contributed by atoms with Gasteiger partial charge in [0.2, 0.25) is 0 Å². The van der Waals surface area contributed by atoms with Gasteiger partial charge in [0, 0.05) is 6.54 Å². The first kappa shape index (κ1) is 14.7. The summed E-state index contributed by atoms with van der Waals surface area (Å²) in [4.78, 5) is 22.7. The summed E-state index contributed by atoms with van der Waals surface area (Å²) in [5.41, 5.74) is -0.593. The SMILES string of the molecule is CNC[C@@H](NC(=O)OC(C)(C)C)C(=O)OC. The molecular weight excluding hydrogens is 212 g/mol. The van der Waals surface area contributed by atoms with Crippen LogP contribution in [-0.2, 0) is 14.3 Å². The summed E-state index contributed by atoms with van der Waals surface area (Å²) in [6.07, 6.45) is -0.641. The maximum atomic E-state index is 11.4. The molecule has 0 fully saturated rings. The number of carbonyl (C=O) groups is 2. The van der Waals surface area contributed by atoms with Gasteiger partial charge in [0.1, 0.15) is 11.6 Å². The predicted octanol–water partition coefficient (Wildman–Crippen LogP) is 0.272. The molecule has 0 saturated carbocycles. The fraction of sp³-hybridized carbons (Fsp3) is 0.800. The fourth-order valence-corrected chi connectivity index (χ4v) is 0.989. The Labute approximate surface area is 95.7 Å². The number of esters is 1. The Morgan fingerprint density at radius 2 is 1.88 bits per heavy atom. The van der Waals surface area contributed by atoms with Crippen molar-refractivity contribution in [3.8, 4) is 0 Å². The van der Waals surface area contributed by atoms with Gasteiger partial charge in [-0.3, -0.25) is 0 Å². The zero-order valence-electron chi connectivity index (χ0n) is 10.4. The lowest BCUT2D eigenvalue weighted by molar-refractivity contribution is -0.143. The molecule has 0 saturated heterocycles. The lowest BCUT2D eigenvalue weighted by Crippen LogP contribution is -2.48. The highest BCUT2D eigenvalue weighted by molar-refractivity contribution is 5.81. The number of rotatable bonds is 4. The molecule has 0 aliphatic heterocycles. The number of amides is 1. The third-order valence-electron chi connectivity index (χ3n) is 1.58. The van der Waals surface area contributed by atoms with Crippen molar-refractivity contribution in [2.24, 2.45) is 0 Å². The van der Waals surface area contributed by atoms with Crippen LogP contribution in [0.25, 0.3) is 0 Å². The van der Waals surface area contributed by atoms with E-state index in [0.29, 0.717) is 0 Å². The molecule has 0 radical (unpaired) electrons. The quantitative estimate of drug-likeness (QED) is 0.680. The molecule has 94 valence electrons. The van der Waals surface area contributed by atoms with Crippen LogP contribution in [0.3, 0.4) is 0 Å². The molecule has 0 heterocycles. The van der Waals surface area contributed by atoms with Crippen LogP contribution < -0.4 is 10.6 Å². The molecule has 0 rings (SSSR count). The predicted molar refractivity (Wildman–Crippen MR) is 59.1 cm³/mol. The van der Waals surface area contributed by atoms with Gasteiger partial charge >= 0.3 is 12.1 Å². The molecule has 2 N–H and O–H groups in total. The van der Waals surface area contributed by atoms with Gasteiger partial charge in [-0.05, 0) is 27.8 Å².